The van der Waals surface area contributed by atoms with Crippen LogP contribution in [0.5, 0.6) is 0 Å². The number of rotatable bonds is 3. The smallest absolute Gasteiger partial charge is 0.242 e. The maximum atomic E-state index is 11.8. The number of halogens is 1. The fraction of sp³-hybridized carbons (Fsp3) is 0.364. The van der Waals surface area contributed by atoms with Crippen LogP contribution in [0.4, 0.5) is 5.69 Å². The van der Waals surface area contributed by atoms with Gasteiger partial charge in [-0.1, -0.05) is 17.7 Å². The fourth-order valence-corrected chi connectivity index (χ4v) is 2.05. The molecule has 0 unspecified atom stereocenters. The topological polar surface area (TPSA) is 49.6 Å². The summed E-state index contributed by atoms with van der Waals surface area (Å²) in [6.07, 6.45) is 0.534. The molecule has 1 aliphatic heterocycles. The molecule has 2 N–H and O–H groups in total. The summed E-state index contributed by atoms with van der Waals surface area (Å²) >= 11 is 5.91. The van der Waals surface area contributed by atoms with Gasteiger partial charge in [0.15, 0.2) is 0 Å². The highest BCUT2D eigenvalue weighted by Gasteiger charge is 2.29. The highest BCUT2D eigenvalue weighted by Crippen LogP contribution is 2.24. The second kappa shape index (κ2) is 4.82. The Bertz CT molecular complexity index is 397. The van der Waals surface area contributed by atoms with Crippen molar-refractivity contribution in [3.05, 3.63) is 29.3 Å². The lowest BCUT2D eigenvalue weighted by atomic mass is 10.3. The molecular formula is C11H14ClN3O. The normalized spacial score (nSPS) is 17.1. The van der Waals surface area contributed by atoms with Crippen molar-refractivity contribution < 1.29 is 4.79 Å². The maximum absolute atomic E-state index is 11.8. The lowest BCUT2D eigenvalue weighted by Crippen LogP contribution is -2.41. The number of nitrogens with two attached hydrogens (primary N) is 1. The van der Waals surface area contributed by atoms with E-state index in [1.54, 1.807) is 17.1 Å². The molecule has 2 rings (SSSR count). The van der Waals surface area contributed by atoms with Gasteiger partial charge in [0, 0.05) is 31.1 Å². The van der Waals surface area contributed by atoms with Crippen LogP contribution in [0.1, 0.15) is 6.42 Å². The van der Waals surface area contributed by atoms with E-state index in [0.29, 0.717) is 24.5 Å². The third kappa shape index (κ3) is 2.19. The molecular weight excluding hydrogens is 226 g/mol. The van der Waals surface area contributed by atoms with E-state index in [1.165, 1.54) is 0 Å². The Kier molecular flexibility index (Phi) is 3.43. The number of hydrazine groups is 1. The van der Waals surface area contributed by atoms with Crippen LogP contribution in [0.2, 0.25) is 5.02 Å². The third-order valence-electron chi connectivity index (χ3n) is 2.54. The minimum atomic E-state index is 0.0933. The largest absolute Gasteiger partial charge is 0.329 e. The molecule has 0 spiro atoms. The van der Waals surface area contributed by atoms with Crippen LogP contribution in [-0.4, -0.2) is 30.6 Å². The van der Waals surface area contributed by atoms with Gasteiger partial charge in [-0.05, 0) is 18.2 Å². The van der Waals surface area contributed by atoms with E-state index in [-0.39, 0.29) is 5.91 Å². The van der Waals surface area contributed by atoms with Crippen molar-refractivity contribution in [3.8, 4) is 0 Å². The van der Waals surface area contributed by atoms with Crippen molar-refractivity contribution in [2.45, 2.75) is 6.42 Å². The van der Waals surface area contributed by atoms with E-state index in [2.05, 4.69) is 0 Å². The van der Waals surface area contributed by atoms with Crippen LogP contribution in [0, 0.1) is 0 Å². The monoisotopic (exact) mass is 239 g/mol. The number of hydrogen-bond acceptors (Lipinski definition) is 3. The number of hydrogen-bond donors (Lipinski definition) is 1. The van der Waals surface area contributed by atoms with Crippen LogP contribution >= 0.6 is 11.6 Å². The van der Waals surface area contributed by atoms with Gasteiger partial charge in [0.25, 0.3) is 0 Å². The first kappa shape index (κ1) is 11.4. The molecule has 0 aliphatic carbocycles. The van der Waals surface area contributed by atoms with Gasteiger partial charge in [0.1, 0.15) is 0 Å². The van der Waals surface area contributed by atoms with Crippen molar-refractivity contribution in [2.75, 3.05) is 24.6 Å². The Morgan fingerprint density at radius 3 is 2.94 bits per heavy atom. The second-order valence-electron chi connectivity index (χ2n) is 3.68. The minimum Gasteiger partial charge on any atom is -0.329 e. The van der Waals surface area contributed by atoms with Crippen molar-refractivity contribution >= 4 is 23.2 Å². The second-order valence-corrected chi connectivity index (χ2v) is 4.11. The van der Waals surface area contributed by atoms with Gasteiger partial charge in [-0.3, -0.25) is 4.79 Å². The molecule has 1 aliphatic rings. The molecule has 0 aromatic heterocycles. The van der Waals surface area contributed by atoms with Gasteiger partial charge in [0.05, 0.1) is 5.69 Å². The Morgan fingerprint density at radius 1 is 1.44 bits per heavy atom. The Labute approximate surface area is 99.5 Å². The van der Waals surface area contributed by atoms with Crippen LogP contribution in [0.3, 0.4) is 0 Å². The van der Waals surface area contributed by atoms with Crippen LogP contribution in [0.25, 0.3) is 0 Å². The molecule has 1 fully saturated rings. The number of benzene rings is 1. The lowest BCUT2D eigenvalue weighted by Gasteiger charge is -2.27. The van der Waals surface area contributed by atoms with Gasteiger partial charge >= 0.3 is 0 Å². The average Bonchev–Trinajstić information content (AvgIpc) is 2.60. The van der Waals surface area contributed by atoms with Crippen molar-refractivity contribution in [2.24, 2.45) is 5.73 Å². The van der Waals surface area contributed by atoms with Gasteiger partial charge in [-0.25, -0.2) is 10.0 Å². The summed E-state index contributed by atoms with van der Waals surface area (Å²) in [5.41, 5.74) is 6.33. The zero-order valence-corrected chi connectivity index (χ0v) is 9.65. The summed E-state index contributed by atoms with van der Waals surface area (Å²) in [7, 11) is 0. The van der Waals surface area contributed by atoms with Crippen LogP contribution < -0.4 is 10.7 Å². The molecule has 1 amide bonds. The van der Waals surface area contributed by atoms with E-state index in [0.717, 1.165) is 12.2 Å². The number of nitrogens with zero attached hydrogens (tertiary/aromatic N) is 2. The molecule has 4 nitrogen and oxygen atoms in total. The first-order valence-electron chi connectivity index (χ1n) is 5.26. The third-order valence-corrected chi connectivity index (χ3v) is 2.78. The SMILES string of the molecule is NCCN1CCC(=O)N1c1cccc(Cl)c1. The average molecular weight is 240 g/mol. The molecule has 1 saturated heterocycles. The highest BCUT2D eigenvalue weighted by molar-refractivity contribution is 6.30. The Hall–Kier alpha value is -1.10. The van der Waals surface area contributed by atoms with Crippen molar-refractivity contribution in [3.63, 3.8) is 0 Å². The standard InChI is InChI=1S/C11H14ClN3O/c12-9-2-1-3-10(8-9)15-11(16)4-6-14(15)7-5-13/h1-3,8H,4-7,13H2. The van der Waals surface area contributed by atoms with E-state index >= 15 is 0 Å². The van der Waals surface area contributed by atoms with E-state index in [4.69, 9.17) is 17.3 Å². The minimum absolute atomic E-state index is 0.0933. The highest BCUT2D eigenvalue weighted by atomic mass is 35.5. The number of carbonyl (C=O) groups is 1. The zero-order valence-electron chi connectivity index (χ0n) is 8.90. The number of anilines is 1. The van der Waals surface area contributed by atoms with Gasteiger partial charge in [0.2, 0.25) is 5.91 Å². The van der Waals surface area contributed by atoms with Gasteiger partial charge < -0.3 is 5.73 Å². The molecule has 0 bridgehead atoms. The first-order valence-corrected chi connectivity index (χ1v) is 5.63. The molecule has 5 heteroatoms. The van der Waals surface area contributed by atoms with Crippen molar-refractivity contribution in [1.82, 2.24) is 5.01 Å². The lowest BCUT2D eigenvalue weighted by molar-refractivity contribution is -0.118. The molecule has 86 valence electrons. The summed E-state index contributed by atoms with van der Waals surface area (Å²) in [5.74, 6) is 0.0933. The van der Waals surface area contributed by atoms with E-state index in [9.17, 15) is 4.79 Å². The summed E-state index contributed by atoms with van der Waals surface area (Å²) < 4.78 is 0. The fourth-order valence-electron chi connectivity index (χ4n) is 1.86. The molecule has 1 aromatic carbocycles. The molecule has 16 heavy (non-hydrogen) atoms. The molecule has 0 saturated carbocycles. The first-order chi connectivity index (χ1) is 7.72. The van der Waals surface area contributed by atoms with E-state index < -0.39 is 0 Å². The summed E-state index contributed by atoms with van der Waals surface area (Å²) in [6, 6.07) is 7.29. The van der Waals surface area contributed by atoms with Crippen LogP contribution in [-0.2, 0) is 4.79 Å². The molecule has 1 aromatic rings. The number of amides is 1. The zero-order chi connectivity index (χ0) is 11.5. The van der Waals surface area contributed by atoms with Crippen LogP contribution in [0.15, 0.2) is 24.3 Å². The summed E-state index contributed by atoms with van der Waals surface area (Å²) in [6.45, 7) is 1.94. The Morgan fingerprint density at radius 2 is 2.25 bits per heavy atom. The summed E-state index contributed by atoms with van der Waals surface area (Å²) in [5, 5.41) is 4.25. The maximum Gasteiger partial charge on any atom is 0.242 e. The predicted molar refractivity (Wildman–Crippen MR) is 64.2 cm³/mol. The van der Waals surface area contributed by atoms with E-state index in [1.807, 2.05) is 17.1 Å². The summed E-state index contributed by atoms with van der Waals surface area (Å²) in [4.78, 5) is 11.8. The van der Waals surface area contributed by atoms with Gasteiger partial charge in [-0.15, -0.1) is 0 Å². The molecule has 1 heterocycles. The van der Waals surface area contributed by atoms with Crippen molar-refractivity contribution in [1.29, 1.82) is 0 Å². The van der Waals surface area contributed by atoms with Gasteiger partial charge in [-0.2, -0.15) is 0 Å². The molecule has 0 atom stereocenters. The molecule has 0 radical (unpaired) electrons. The predicted octanol–water partition coefficient (Wildman–Crippen LogP) is 1.25. The number of carbonyl (C=O) groups excluding carboxylic acids is 1. The quantitative estimate of drug-likeness (QED) is 0.864. The Balaban J connectivity index is 2.26.